The van der Waals surface area contributed by atoms with Gasteiger partial charge in [0.2, 0.25) is 0 Å². The Morgan fingerprint density at radius 1 is 0.180 bits per heavy atom. The maximum absolute atomic E-state index is 9.85. The van der Waals surface area contributed by atoms with Crippen molar-refractivity contribution in [2.24, 2.45) is 0 Å². The van der Waals surface area contributed by atoms with E-state index >= 15 is 0 Å². The van der Waals surface area contributed by atoms with Gasteiger partial charge in [-0.25, -0.2) is 0 Å². The molecule has 4 nitrogen and oxygen atoms in total. The fourth-order valence-electron chi connectivity index (χ4n) is 19.6. The highest BCUT2D eigenvalue weighted by Gasteiger charge is 2.50. The van der Waals surface area contributed by atoms with Crippen molar-refractivity contribution in [1.82, 2.24) is 0 Å². The van der Waals surface area contributed by atoms with E-state index in [4.69, 9.17) is 5.48 Å². The Morgan fingerprint density at radius 3 is 0.844 bits per heavy atom. The smallest absolute Gasteiger partial charge is 0.0720 e. The Kier molecular flexibility index (Phi) is 17.1. The molecular weight excluding hydrogens is 1590 g/mol. The van der Waals surface area contributed by atoms with Gasteiger partial charge < -0.3 is 19.6 Å². The number of fused-ring (bicyclic) bond motifs is 12. The number of para-hydroxylation sites is 6. The fraction of sp³-hybridized carbons (Fsp3) is 0.0164. The Balaban J connectivity index is 0.000000155. The van der Waals surface area contributed by atoms with Crippen LogP contribution < -0.4 is 19.6 Å². The van der Waals surface area contributed by atoms with E-state index in [0.717, 1.165) is 186 Å². The summed E-state index contributed by atoms with van der Waals surface area (Å²) in [6.45, 7) is 0. The molecule has 0 saturated carbocycles. The van der Waals surface area contributed by atoms with Gasteiger partial charge in [0.1, 0.15) is 0 Å². The van der Waals surface area contributed by atoms with Crippen molar-refractivity contribution in [2.45, 2.75) is 10.8 Å². The standard InChI is InChI=1S/2C61H42N2S/c1-6-19-43(20-7-1)44-33-35-49(36-34-44)63(48-27-14-5-15-28-48)51-38-40-56-54(42-51)53-41-50(62(46-23-10-3-11-24-46)47-25-12-4-13-26-47)37-39-55(53)61(56,45-21-8-2-9-22-45)57-30-18-32-59-60(57)52-29-16-17-31-58(52)64-59;1-6-18-43(19-7-1)44-30-33-50(34-31-44)63(49-26-14-5-15-27-49)52-36-38-58-55(42-52)54-41-51(62(47-22-10-3-11-23-47)48-24-12-4-13-25-48)35-37-57(54)61(58,45-20-8-2-9-21-45)46-32-39-60-56(40-46)53-28-16-17-29-59(53)64-60/h2*1-42H/i2D,8D,9D,21D,22D;2D,8D,9D,20D,21D. The summed E-state index contributed by atoms with van der Waals surface area (Å²) in [6.07, 6.45) is 0. The van der Waals surface area contributed by atoms with Crippen LogP contribution in [0.3, 0.4) is 0 Å². The van der Waals surface area contributed by atoms with Crippen molar-refractivity contribution in [3.05, 3.63) is 554 Å². The first-order valence-electron chi connectivity index (χ1n) is 48.0. The van der Waals surface area contributed by atoms with Crippen molar-refractivity contribution < 1.29 is 13.7 Å². The van der Waals surface area contributed by atoms with E-state index in [1.165, 1.54) is 0 Å². The van der Waals surface area contributed by atoms with Gasteiger partial charge in [-0.05, 0) is 265 Å². The number of benzene rings is 20. The number of hydrogen-bond acceptors (Lipinski definition) is 6. The zero-order valence-corrected chi connectivity index (χ0v) is 71.0. The van der Waals surface area contributed by atoms with Gasteiger partial charge in [0.05, 0.1) is 24.5 Å². The van der Waals surface area contributed by atoms with Gasteiger partial charge in [0.25, 0.3) is 0 Å². The number of anilines is 12. The van der Waals surface area contributed by atoms with E-state index in [1.807, 2.05) is 140 Å². The number of rotatable bonds is 18. The van der Waals surface area contributed by atoms with Crippen molar-refractivity contribution >= 4 is 131 Å². The lowest BCUT2D eigenvalue weighted by Gasteiger charge is -2.35. The summed E-state index contributed by atoms with van der Waals surface area (Å²) in [4.78, 5) is 9.00. The molecule has 2 unspecified atom stereocenters. The topological polar surface area (TPSA) is 13.0 Å². The summed E-state index contributed by atoms with van der Waals surface area (Å²) in [5.74, 6) is 0. The van der Waals surface area contributed by atoms with Crippen molar-refractivity contribution in [2.75, 3.05) is 19.6 Å². The van der Waals surface area contributed by atoms with Crippen LogP contribution in [0, 0.1) is 0 Å². The van der Waals surface area contributed by atoms with Crippen LogP contribution in [0.1, 0.15) is 58.2 Å². The van der Waals surface area contributed by atoms with Crippen molar-refractivity contribution in [3.8, 4) is 44.5 Å². The third-order valence-corrected chi connectivity index (χ3v) is 27.4. The Hall–Kier alpha value is -16.0. The van der Waals surface area contributed by atoms with E-state index in [0.29, 0.717) is 0 Å². The van der Waals surface area contributed by atoms with Crippen LogP contribution in [0.25, 0.3) is 84.9 Å². The van der Waals surface area contributed by atoms with Crippen molar-refractivity contribution in [1.29, 1.82) is 0 Å². The zero-order valence-electron chi connectivity index (χ0n) is 79.3. The average Bonchev–Trinajstić information content (AvgIpc) is 1.52. The molecule has 24 rings (SSSR count). The number of hydrogen-bond donors (Lipinski definition) is 0. The SMILES string of the molecule is [2H]c1c([2H])c([2H])c(C2(c3ccc4sc5ccccc5c4c3)c3ccc(N(c4ccccc4)c4ccccc4)cc3-c3cc(N(c4ccccc4)c4ccc(-c5ccccc5)cc4)ccc32)c([2H])c1[2H].[2H]c1c([2H])c([2H])c(C2(c3cccc4sc5ccccc5c34)c3ccc(N(c4ccccc4)c4ccccc4)cc3-c3cc(N(c4ccccc4)c4ccc(-c5ccccc5)cc4)ccc32)c([2H])c1[2H]. The van der Waals surface area contributed by atoms with Gasteiger partial charge >= 0.3 is 0 Å². The molecular formula is C122H84N4S2. The Labute approximate surface area is 768 Å². The van der Waals surface area contributed by atoms with Gasteiger partial charge in [-0.3, -0.25) is 0 Å². The monoisotopic (exact) mass is 1680 g/mol. The summed E-state index contributed by atoms with van der Waals surface area (Å²) in [5.41, 5.74) is 22.3. The second kappa shape index (κ2) is 32.9. The van der Waals surface area contributed by atoms with Crippen LogP contribution in [-0.4, -0.2) is 0 Å². The van der Waals surface area contributed by atoms with Gasteiger partial charge in [-0.1, -0.05) is 333 Å². The molecule has 128 heavy (non-hydrogen) atoms. The van der Waals surface area contributed by atoms with E-state index < -0.39 is 22.9 Å². The highest BCUT2D eigenvalue weighted by molar-refractivity contribution is 7.26. The molecule has 0 radical (unpaired) electrons. The Morgan fingerprint density at radius 2 is 0.461 bits per heavy atom. The molecule has 0 aliphatic heterocycles. The first-order chi connectivity index (χ1) is 67.6. The summed E-state index contributed by atoms with van der Waals surface area (Å²) >= 11 is 3.42. The second-order valence-corrected chi connectivity index (χ2v) is 34.4. The fourth-order valence-corrected chi connectivity index (χ4v) is 21.9. The van der Waals surface area contributed by atoms with Crippen LogP contribution in [0.5, 0.6) is 0 Å². The van der Waals surface area contributed by atoms with Gasteiger partial charge in [0, 0.05) is 109 Å². The molecule has 6 heteroatoms. The maximum Gasteiger partial charge on any atom is 0.0720 e. The predicted molar refractivity (Wildman–Crippen MR) is 543 cm³/mol. The molecule has 2 aromatic heterocycles. The molecule has 22 aromatic rings. The maximum atomic E-state index is 9.85. The molecule has 0 spiro atoms. The van der Waals surface area contributed by atoms with E-state index in [-0.39, 0.29) is 59.5 Å². The lowest BCUT2D eigenvalue weighted by molar-refractivity contribution is 0.770. The van der Waals surface area contributed by atoms with Gasteiger partial charge in [0.15, 0.2) is 0 Å². The number of thiophene rings is 2. The van der Waals surface area contributed by atoms with Crippen LogP contribution in [0.15, 0.2) is 509 Å². The summed E-state index contributed by atoms with van der Waals surface area (Å²) in [5, 5.41) is 4.21. The Bertz CT molecular complexity index is 8320. The molecule has 0 bridgehead atoms. The first kappa shape index (κ1) is 66.6. The van der Waals surface area contributed by atoms with Crippen molar-refractivity contribution in [3.63, 3.8) is 0 Å². The minimum absolute atomic E-state index is 0.215. The van der Waals surface area contributed by atoms with Gasteiger partial charge in [-0.2, -0.15) is 0 Å². The third kappa shape index (κ3) is 13.4. The molecule has 2 aliphatic carbocycles. The average molecular weight is 1680 g/mol. The largest absolute Gasteiger partial charge is 0.310 e. The molecule has 2 atom stereocenters. The predicted octanol–water partition coefficient (Wildman–Crippen LogP) is 34.0. The molecule has 604 valence electrons. The van der Waals surface area contributed by atoms with E-state index in [2.05, 4.69) is 329 Å². The normalized spacial score (nSPS) is 15.1. The highest BCUT2D eigenvalue weighted by Crippen LogP contribution is 2.63. The summed E-state index contributed by atoms with van der Waals surface area (Å²) in [6, 6.07) is 152. The zero-order chi connectivity index (χ0) is 93.6. The third-order valence-electron chi connectivity index (χ3n) is 25.2. The summed E-state index contributed by atoms with van der Waals surface area (Å²) in [7, 11) is 0. The minimum Gasteiger partial charge on any atom is -0.310 e. The minimum atomic E-state index is -1.36. The molecule has 0 saturated heterocycles. The van der Waals surface area contributed by atoms with Crippen LogP contribution in [0.4, 0.5) is 68.2 Å². The molecule has 2 aliphatic rings. The number of nitrogens with zero attached hydrogens (tertiary/aromatic N) is 4. The van der Waals surface area contributed by atoms with Crippen LogP contribution in [-0.2, 0) is 10.8 Å². The van der Waals surface area contributed by atoms with Crippen LogP contribution >= 0.6 is 22.7 Å². The molecule has 0 amide bonds. The molecule has 2 heterocycles. The van der Waals surface area contributed by atoms with Crippen LogP contribution in [0.2, 0.25) is 0 Å². The van der Waals surface area contributed by atoms with E-state index in [9.17, 15) is 8.22 Å². The quantitative estimate of drug-likeness (QED) is 0.0849. The first-order valence-corrected chi connectivity index (χ1v) is 44.6. The lowest BCUT2D eigenvalue weighted by Crippen LogP contribution is -2.29. The van der Waals surface area contributed by atoms with E-state index in [1.54, 1.807) is 22.7 Å². The lowest BCUT2D eigenvalue weighted by atomic mass is 9.66. The van der Waals surface area contributed by atoms with Gasteiger partial charge in [-0.15, -0.1) is 22.7 Å². The second-order valence-electron chi connectivity index (χ2n) is 32.2. The molecule has 0 fully saturated rings. The molecule has 0 N–H and O–H groups in total. The summed E-state index contributed by atoms with van der Waals surface area (Å²) < 4.78 is 98.0. The molecule has 20 aromatic carbocycles. The highest BCUT2D eigenvalue weighted by atomic mass is 32.1.